The highest BCUT2D eigenvalue weighted by Gasteiger charge is 2.25. The highest BCUT2D eigenvalue weighted by Crippen LogP contribution is 2.28. The van der Waals surface area contributed by atoms with Crippen LogP contribution in [-0.4, -0.2) is 58.0 Å². The van der Waals surface area contributed by atoms with Crippen LogP contribution in [0.2, 0.25) is 0 Å². The van der Waals surface area contributed by atoms with E-state index in [4.69, 9.17) is 0 Å². The molecule has 1 heterocycles. The maximum absolute atomic E-state index is 12.2. The fourth-order valence-corrected chi connectivity index (χ4v) is 3.67. The van der Waals surface area contributed by atoms with Gasteiger partial charge in [-0.1, -0.05) is 49.0 Å². The van der Waals surface area contributed by atoms with Crippen LogP contribution in [0, 0.1) is 0 Å². The third-order valence-corrected chi connectivity index (χ3v) is 5.43. The standard InChI is InChI=1S/C19H28N6O2S/c1-6-15(24(4)5)16-22-23-19(25(16)12-14-10-8-7-9-11-14)28-13(2)17(26)21-18(27)20-3/h7-11,13,15H,6,12H2,1-5H3,(H2,20,21,26,27). The minimum atomic E-state index is -0.525. The highest BCUT2D eigenvalue weighted by atomic mass is 32.2. The molecule has 0 spiro atoms. The van der Waals surface area contributed by atoms with Crippen LogP contribution in [0.15, 0.2) is 35.5 Å². The Kier molecular flexibility index (Phi) is 8.01. The van der Waals surface area contributed by atoms with Crippen molar-refractivity contribution >= 4 is 23.7 Å². The summed E-state index contributed by atoms with van der Waals surface area (Å²) < 4.78 is 2.05. The van der Waals surface area contributed by atoms with Gasteiger partial charge in [0.1, 0.15) is 0 Å². The number of hydrogen-bond acceptors (Lipinski definition) is 6. The number of rotatable bonds is 8. The fourth-order valence-electron chi connectivity index (χ4n) is 2.81. The zero-order valence-corrected chi connectivity index (χ0v) is 17.8. The molecule has 9 heteroatoms. The zero-order valence-electron chi connectivity index (χ0n) is 17.0. The molecule has 0 saturated heterocycles. The first-order valence-corrected chi connectivity index (χ1v) is 10.1. The number of carbonyl (C=O) groups excluding carboxylic acids is 2. The number of amides is 3. The monoisotopic (exact) mass is 404 g/mol. The van der Waals surface area contributed by atoms with Gasteiger partial charge in [0.15, 0.2) is 11.0 Å². The summed E-state index contributed by atoms with van der Waals surface area (Å²) >= 11 is 1.29. The Morgan fingerprint density at radius 2 is 1.89 bits per heavy atom. The zero-order chi connectivity index (χ0) is 20.7. The topological polar surface area (TPSA) is 92.1 Å². The molecule has 2 N–H and O–H groups in total. The number of carbonyl (C=O) groups is 2. The molecule has 0 bridgehead atoms. The van der Waals surface area contributed by atoms with Crippen LogP contribution in [-0.2, 0) is 11.3 Å². The molecule has 8 nitrogen and oxygen atoms in total. The SMILES string of the molecule is CCC(c1nnc(SC(C)C(=O)NC(=O)NC)n1Cc1ccccc1)N(C)C. The Labute approximate surface area is 170 Å². The Morgan fingerprint density at radius 3 is 2.46 bits per heavy atom. The van der Waals surface area contributed by atoms with Crippen LogP contribution in [0.3, 0.4) is 0 Å². The molecular weight excluding hydrogens is 376 g/mol. The van der Waals surface area contributed by atoms with Gasteiger partial charge in [-0.05, 0) is 33.0 Å². The number of aromatic nitrogens is 3. The van der Waals surface area contributed by atoms with E-state index in [0.29, 0.717) is 11.7 Å². The van der Waals surface area contributed by atoms with E-state index in [1.807, 2.05) is 32.3 Å². The molecule has 3 amide bonds. The van der Waals surface area contributed by atoms with Crippen LogP contribution in [0.5, 0.6) is 0 Å². The normalized spacial score (nSPS) is 13.2. The number of hydrogen-bond donors (Lipinski definition) is 2. The van der Waals surface area contributed by atoms with E-state index in [2.05, 4.69) is 49.4 Å². The average molecular weight is 405 g/mol. The lowest BCUT2D eigenvalue weighted by Gasteiger charge is -2.23. The second kappa shape index (κ2) is 10.2. The summed E-state index contributed by atoms with van der Waals surface area (Å²) in [6.07, 6.45) is 0.886. The quantitative estimate of drug-likeness (QED) is 0.656. The summed E-state index contributed by atoms with van der Waals surface area (Å²) in [7, 11) is 5.50. The van der Waals surface area contributed by atoms with E-state index in [1.165, 1.54) is 18.8 Å². The first kappa shape index (κ1) is 21.9. The van der Waals surface area contributed by atoms with Crippen LogP contribution in [0.25, 0.3) is 0 Å². The second-order valence-corrected chi connectivity index (χ2v) is 7.94. The third-order valence-electron chi connectivity index (χ3n) is 4.35. The van der Waals surface area contributed by atoms with Crippen molar-refractivity contribution in [1.29, 1.82) is 0 Å². The van der Waals surface area contributed by atoms with Crippen molar-refractivity contribution in [2.45, 2.75) is 43.3 Å². The van der Waals surface area contributed by atoms with Crippen LogP contribution < -0.4 is 10.6 Å². The number of urea groups is 1. The summed E-state index contributed by atoms with van der Waals surface area (Å²) in [5, 5.41) is 13.6. The predicted molar refractivity (Wildman–Crippen MR) is 110 cm³/mol. The van der Waals surface area contributed by atoms with Gasteiger partial charge in [0.05, 0.1) is 17.8 Å². The summed E-state index contributed by atoms with van der Waals surface area (Å²) in [6.45, 7) is 4.46. The van der Waals surface area contributed by atoms with E-state index in [0.717, 1.165) is 17.8 Å². The van der Waals surface area contributed by atoms with Gasteiger partial charge < -0.3 is 9.88 Å². The summed E-state index contributed by atoms with van der Waals surface area (Å²) in [5.41, 5.74) is 1.13. The lowest BCUT2D eigenvalue weighted by molar-refractivity contribution is -0.119. The molecule has 0 aliphatic carbocycles. The molecule has 0 fully saturated rings. The molecule has 1 aromatic heterocycles. The first-order chi connectivity index (χ1) is 13.4. The van der Waals surface area contributed by atoms with E-state index >= 15 is 0 Å². The predicted octanol–water partition coefficient (Wildman–Crippen LogP) is 2.28. The van der Waals surface area contributed by atoms with Crippen molar-refractivity contribution < 1.29 is 9.59 Å². The van der Waals surface area contributed by atoms with Gasteiger partial charge in [0.2, 0.25) is 5.91 Å². The Hall–Kier alpha value is -2.39. The number of nitrogens with one attached hydrogen (secondary N) is 2. The van der Waals surface area contributed by atoms with Crippen LogP contribution in [0.1, 0.15) is 37.7 Å². The van der Waals surface area contributed by atoms with Gasteiger partial charge in [-0.2, -0.15) is 0 Å². The van der Waals surface area contributed by atoms with E-state index < -0.39 is 11.3 Å². The molecular formula is C19H28N6O2S. The highest BCUT2D eigenvalue weighted by molar-refractivity contribution is 8.00. The smallest absolute Gasteiger partial charge is 0.321 e. The molecule has 0 saturated carbocycles. The number of benzene rings is 1. The van der Waals surface area contributed by atoms with Crippen molar-refractivity contribution in [3.05, 3.63) is 41.7 Å². The van der Waals surface area contributed by atoms with Gasteiger partial charge in [0, 0.05) is 7.05 Å². The summed E-state index contributed by atoms with van der Waals surface area (Å²) in [6, 6.07) is 9.66. The van der Waals surface area contributed by atoms with Crippen molar-refractivity contribution in [2.75, 3.05) is 21.1 Å². The van der Waals surface area contributed by atoms with E-state index in [1.54, 1.807) is 6.92 Å². The van der Waals surface area contributed by atoms with Crippen molar-refractivity contribution in [1.82, 2.24) is 30.3 Å². The van der Waals surface area contributed by atoms with Crippen molar-refractivity contribution in [2.24, 2.45) is 0 Å². The Balaban J connectivity index is 2.31. The molecule has 0 aliphatic heterocycles. The fraction of sp³-hybridized carbons (Fsp3) is 0.474. The molecule has 1 aromatic carbocycles. The van der Waals surface area contributed by atoms with Gasteiger partial charge in [-0.3, -0.25) is 15.0 Å². The number of nitrogens with zero attached hydrogens (tertiary/aromatic N) is 4. The van der Waals surface area contributed by atoms with Crippen LogP contribution >= 0.6 is 11.8 Å². The lowest BCUT2D eigenvalue weighted by Crippen LogP contribution is -2.41. The Morgan fingerprint density at radius 1 is 1.21 bits per heavy atom. The van der Waals surface area contributed by atoms with Crippen molar-refractivity contribution in [3.8, 4) is 0 Å². The third kappa shape index (κ3) is 5.56. The largest absolute Gasteiger partial charge is 0.341 e. The molecule has 152 valence electrons. The summed E-state index contributed by atoms with van der Waals surface area (Å²) in [4.78, 5) is 25.7. The maximum Gasteiger partial charge on any atom is 0.321 e. The lowest BCUT2D eigenvalue weighted by atomic mass is 10.2. The minimum Gasteiger partial charge on any atom is -0.341 e. The number of imide groups is 1. The molecule has 2 aromatic rings. The molecule has 2 atom stereocenters. The molecule has 28 heavy (non-hydrogen) atoms. The van der Waals surface area contributed by atoms with Gasteiger partial charge >= 0.3 is 6.03 Å². The van der Waals surface area contributed by atoms with Crippen LogP contribution in [0.4, 0.5) is 4.79 Å². The average Bonchev–Trinajstić information content (AvgIpc) is 3.04. The van der Waals surface area contributed by atoms with Gasteiger partial charge in [-0.15, -0.1) is 10.2 Å². The van der Waals surface area contributed by atoms with E-state index in [-0.39, 0.29) is 11.9 Å². The first-order valence-electron chi connectivity index (χ1n) is 9.20. The maximum atomic E-state index is 12.2. The number of thioether (sulfide) groups is 1. The Bertz CT molecular complexity index is 793. The second-order valence-electron chi connectivity index (χ2n) is 6.63. The molecule has 0 aliphatic rings. The molecule has 0 radical (unpaired) electrons. The summed E-state index contributed by atoms with van der Waals surface area (Å²) in [5.74, 6) is 0.484. The van der Waals surface area contributed by atoms with Crippen molar-refractivity contribution in [3.63, 3.8) is 0 Å². The van der Waals surface area contributed by atoms with Gasteiger partial charge in [0.25, 0.3) is 0 Å². The minimum absolute atomic E-state index is 0.112. The van der Waals surface area contributed by atoms with Gasteiger partial charge in [-0.25, -0.2) is 4.79 Å². The van der Waals surface area contributed by atoms with E-state index in [9.17, 15) is 9.59 Å². The molecule has 2 rings (SSSR count). The molecule has 2 unspecified atom stereocenters.